The largest absolute Gasteiger partial charge is 0.506 e. The molecule has 0 saturated carbocycles. The second-order valence-corrected chi connectivity index (χ2v) is 6.78. The van der Waals surface area contributed by atoms with Gasteiger partial charge in [-0.3, -0.25) is 10.1 Å². The van der Waals surface area contributed by atoms with Crippen LogP contribution in [0.5, 0.6) is 5.75 Å². The maximum absolute atomic E-state index is 12.0. The quantitative estimate of drug-likeness (QED) is 0.314. The summed E-state index contributed by atoms with van der Waals surface area (Å²) in [4.78, 5) is 12.0. The van der Waals surface area contributed by atoms with Crippen LogP contribution in [0.25, 0.3) is 17.4 Å². The van der Waals surface area contributed by atoms with Crippen LogP contribution in [0.1, 0.15) is 11.3 Å². The van der Waals surface area contributed by atoms with Crippen LogP contribution in [-0.2, 0) is 4.79 Å². The van der Waals surface area contributed by atoms with E-state index in [1.807, 2.05) is 31.2 Å². The molecule has 2 aromatic carbocycles. The van der Waals surface area contributed by atoms with Gasteiger partial charge in [-0.1, -0.05) is 35.9 Å². The summed E-state index contributed by atoms with van der Waals surface area (Å²) < 4.78 is 5.72. The van der Waals surface area contributed by atoms with E-state index >= 15 is 0 Å². The zero-order chi connectivity index (χ0) is 20.1. The highest BCUT2D eigenvalue weighted by Gasteiger charge is 2.07. The molecule has 142 valence electrons. The highest BCUT2D eigenvalue weighted by molar-refractivity contribution is 7.80. The molecule has 0 aliphatic rings. The molecule has 3 aromatic rings. The number of thiocarbonyl (C=S) groups is 1. The molecular formula is C21H17ClN2O3S. The third-order valence-corrected chi connectivity index (χ3v) is 4.48. The van der Waals surface area contributed by atoms with Crippen molar-refractivity contribution in [2.45, 2.75) is 6.92 Å². The number of halogens is 1. The molecule has 0 atom stereocenters. The molecule has 0 aliphatic heterocycles. The zero-order valence-electron chi connectivity index (χ0n) is 14.9. The number of aryl methyl sites for hydroxylation is 1. The summed E-state index contributed by atoms with van der Waals surface area (Å²) in [6.07, 6.45) is 2.85. The molecule has 5 nitrogen and oxygen atoms in total. The highest BCUT2D eigenvalue weighted by atomic mass is 35.5. The maximum Gasteiger partial charge on any atom is 0.250 e. The second-order valence-electron chi connectivity index (χ2n) is 5.96. The Hall–Kier alpha value is -3.09. The molecule has 1 amide bonds. The number of hydrogen-bond donors (Lipinski definition) is 3. The van der Waals surface area contributed by atoms with Crippen LogP contribution in [0.3, 0.4) is 0 Å². The highest BCUT2D eigenvalue weighted by Crippen LogP contribution is 2.27. The molecule has 0 unspecified atom stereocenters. The fraction of sp³-hybridized carbons (Fsp3) is 0.0476. The van der Waals surface area contributed by atoms with Gasteiger partial charge in [-0.25, -0.2) is 0 Å². The average Bonchev–Trinajstić information content (AvgIpc) is 3.13. The van der Waals surface area contributed by atoms with Crippen molar-refractivity contribution in [2.24, 2.45) is 0 Å². The summed E-state index contributed by atoms with van der Waals surface area (Å²) in [7, 11) is 0. The van der Waals surface area contributed by atoms with E-state index in [-0.39, 0.29) is 10.9 Å². The van der Waals surface area contributed by atoms with Crippen LogP contribution in [0.2, 0.25) is 5.02 Å². The molecule has 3 N–H and O–H groups in total. The van der Waals surface area contributed by atoms with Gasteiger partial charge in [-0.15, -0.1) is 0 Å². The van der Waals surface area contributed by atoms with Gasteiger partial charge in [-0.2, -0.15) is 0 Å². The van der Waals surface area contributed by atoms with Crippen LogP contribution in [-0.4, -0.2) is 16.1 Å². The molecule has 0 bridgehead atoms. The molecule has 7 heteroatoms. The first-order chi connectivity index (χ1) is 13.4. The van der Waals surface area contributed by atoms with E-state index in [2.05, 4.69) is 10.6 Å². The number of furan rings is 1. The second kappa shape index (κ2) is 8.73. The number of carbonyl (C=O) groups excluding carboxylic acids is 1. The predicted octanol–water partition coefficient (Wildman–Crippen LogP) is 5.14. The first kappa shape index (κ1) is 19.7. The molecular weight excluding hydrogens is 396 g/mol. The van der Waals surface area contributed by atoms with Crippen LogP contribution < -0.4 is 10.6 Å². The third kappa shape index (κ3) is 5.00. The number of aromatic hydroxyl groups is 1. The number of hydrogen-bond acceptors (Lipinski definition) is 4. The minimum atomic E-state index is -0.427. The van der Waals surface area contributed by atoms with Gasteiger partial charge in [0.05, 0.1) is 5.69 Å². The number of para-hydroxylation sites is 2. The number of anilines is 1. The Labute approximate surface area is 172 Å². The molecule has 0 aliphatic carbocycles. The minimum Gasteiger partial charge on any atom is -0.506 e. The van der Waals surface area contributed by atoms with E-state index in [1.54, 1.807) is 24.3 Å². The van der Waals surface area contributed by atoms with Gasteiger partial charge in [-0.05, 0) is 61.1 Å². The lowest BCUT2D eigenvalue weighted by molar-refractivity contribution is -0.115. The van der Waals surface area contributed by atoms with E-state index < -0.39 is 5.91 Å². The number of rotatable bonds is 4. The standard InChI is InChI=1S/C21H17ClN2O3S/c1-13-6-7-14(12-16(13)22)19-10-8-15(27-19)9-11-20(26)24-21(28)23-17-4-2-3-5-18(17)25/h2-12,25H,1H3,(H2,23,24,26,28)/b11-9+. The SMILES string of the molecule is Cc1ccc(-c2ccc(/C=C/C(=O)NC(=S)Nc3ccccc3O)o2)cc1Cl. The van der Waals surface area contributed by atoms with Crippen molar-refractivity contribution in [1.82, 2.24) is 5.32 Å². The minimum absolute atomic E-state index is 0.0361. The summed E-state index contributed by atoms with van der Waals surface area (Å²) >= 11 is 11.2. The van der Waals surface area contributed by atoms with Crippen molar-refractivity contribution in [2.75, 3.05) is 5.32 Å². The molecule has 3 rings (SSSR count). The number of benzene rings is 2. The molecule has 28 heavy (non-hydrogen) atoms. The first-order valence-electron chi connectivity index (χ1n) is 8.37. The van der Waals surface area contributed by atoms with Crippen LogP contribution in [0, 0.1) is 6.92 Å². The molecule has 0 fully saturated rings. The van der Waals surface area contributed by atoms with E-state index in [0.29, 0.717) is 22.2 Å². The maximum atomic E-state index is 12.0. The lowest BCUT2D eigenvalue weighted by Gasteiger charge is -2.09. The first-order valence-corrected chi connectivity index (χ1v) is 9.15. The number of nitrogens with one attached hydrogen (secondary N) is 2. The zero-order valence-corrected chi connectivity index (χ0v) is 16.5. The van der Waals surface area contributed by atoms with E-state index in [9.17, 15) is 9.90 Å². The van der Waals surface area contributed by atoms with Gasteiger partial charge in [0.1, 0.15) is 17.3 Å². The molecule has 1 aromatic heterocycles. The molecule has 0 spiro atoms. The normalized spacial score (nSPS) is 10.8. The lowest BCUT2D eigenvalue weighted by Crippen LogP contribution is -2.32. The Morgan fingerprint density at radius 1 is 1.18 bits per heavy atom. The fourth-order valence-electron chi connectivity index (χ4n) is 2.39. The van der Waals surface area contributed by atoms with E-state index in [0.717, 1.165) is 11.1 Å². The number of phenols is 1. The van der Waals surface area contributed by atoms with Gasteiger partial charge >= 0.3 is 0 Å². The van der Waals surface area contributed by atoms with Crippen molar-refractivity contribution in [3.05, 3.63) is 77.0 Å². The summed E-state index contributed by atoms with van der Waals surface area (Å²) in [6, 6.07) is 15.8. The Morgan fingerprint density at radius 3 is 2.71 bits per heavy atom. The van der Waals surface area contributed by atoms with Crippen molar-refractivity contribution >= 4 is 46.6 Å². The van der Waals surface area contributed by atoms with Crippen LogP contribution in [0.15, 0.2) is 65.1 Å². The summed E-state index contributed by atoms with van der Waals surface area (Å²) in [5, 5.41) is 15.7. The van der Waals surface area contributed by atoms with Gasteiger partial charge in [0.25, 0.3) is 0 Å². The van der Waals surface area contributed by atoms with Crippen molar-refractivity contribution in [3.8, 4) is 17.1 Å². The Balaban J connectivity index is 1.60. The molecule has 0 radical (unpaired) electrons. The number of carbonyl (C=O) groups is 1. The molecule has 1 heterocycles. The molecule has 0 saturated heterocycles. The van der Waals surface area contributed by atoms with Gasteiger partial charge in [0.2, 0.25) is 5.91 Å². The Kier molecular flexibility index (Phi) is 6.13. The van der Waals surface area contributed by atoms with Crippen molar-refractivity contribution < 1.29 is 14.3 Å². The topological polar surface area (TPSA) is 74.5 Å². The van der Waals surface area contributed by atoms with Gasteiger partial charge in [0.15, 0.2) is 5.11 Å². The predicted molar refractivity (Wildman–Crippen MR) is 115 cm³/mol. The number of phenolic OH excluding ortho intramolecular Hbond substituents is 1. The summed E-state index contributed by atoms with van der Waals surface area (Å²) in [6.45, 7) is 1.93. The van der Waals surface area contributed by atoms with Crippen molar-refractivity contribution in [1.29, 1.82) is 0 Å². The van der Waals surface area contributed by atoms with E-state index in [1.165, 1.54) is 18.2 Å². The lowest BCUT2D eigenvalue weighted by atomic mass is 10.1. The van der Waals surface area contributed by atoms with Gasteiger partial charge < -0.3 is 14.8 Å². The monoisotopic (exact) mass is 412 g/mol. The fourth-order valence-corrected chi connectivity index (χ4v) is 2.78. The van der Waals surface area contributed by atoms with Crippen molar-refractivity contribution in [3.63, 3.8) is 0 Å². The average molecular weight is 413 g/mol. The Bertz CT molecular complexity index is 1060. The smallest absolute Gasteiger partial charge is 0.250 e. The Morgan fingerprint density at radius 2 is 1.96 bits per heavy atom. The number of amides is 1. The van der Waals surface area contributed by atoms with Crippen LogP contribution >= 0.6 is 23.8 Å². The third-order valence-electron chi connectivity index (χ3n) is 3.87. The van der Waals surface area contributed by atoms with Gasteiger partial charge in [0, 0.05) is 16.7 Å². The summed E-state index contributed by atoms with van der Waals surface area (Å²) in [5.74, 6) is 0.776. The van der Waals surface area contributed by atoms with Crippen LogP contribution in [0.4, 0.5) is 5.69 Å². The van der Waals surface area contributed by atoms with E-state index in [4.69, 9.17) is 28.2 Å². The summed E-state index contributed by atoms with van der Waals surface area (Å²) in [5.41, 5.74) is 2.25.